The lowest BCUT2D eigenvalue weighted by Crippen LogP contribution is -2.49. The summed E-state index contributed by atoms with van der Waals surface area (Å²) in [6, 6.07) is 7.80. The Labute approximate surface area is 198 Å². The van der Waals surface area contributed by atoms with E-state index in [0.29, 0.717) is 34.7 Å². The van der Waals surface area contributed by atoms with E-state index in [4.69, 9.17) is 11.6 Å². The fourth-order valence-electron chi connectivity index (χ4n) is 4.07. The summed E-state index contributed by atoms with van der Waals surface area (Å²) in [7, 11) is 2.00. The Morgan fingerprint density at radius 2 is 2.03 bits per heavy atom. The molecular weight excluding hydrogens is 468 g/mol. The maximum Gasteiger partial charge on any atom is 0.279 e. The molecule has 0 spiro atoms. The second-order valence-corrected chi connectivity index (χ2v) is 10.6. The van der Waals surface area contributed by atoms with Crippen molar-refractivity contribution in [1.29, 1.82) is 0 Å². The summed E-state index contributed by atoms with van der Waals surface area (Å²) >= 11 is 8.84. The Bertz CT molecular complexity index is 1220. The predicted molar refractivity (Wildman–Crippen MR) is 128 cm³/mol. The Hall–Kier alpha value is -2.14. The summed E-state index contributed by atoms with van der Waals surface area (Å²) < 4.78 is 2.08. The average molecular weight is 491 g/mol. The summed E-state index contributed by atoms with van der Waals surface area (Å²) in [6.07, 6.45) is 0.775. The van der Waals surface area contributed by atoms with Crippen LogP contribution in [0.1, 0.15) is 11.3 Å². The number of aromatic nitrogens is 3. The van der Waals surface area contributed by atoms with Gasteiger partial charge in [-0.3, -0.25) is 9.59 Å². The van der Waals surface area contributed by atoms with Gasteiger partial charge in [-0.15, -0.1) is 5.10 Å². The first kappa shape index (κ1) is 21.7. The Morgan fingerprint density at radius 1 is 1.22 bits per heavy atom. The molecular formula is C21H23ClN6O2S2. The molecule has 168 valence electrons. The van der Waals surface area contributed by atoms with Gasteiger partial charge in [-0.25, -0.2) is 4.98 Å². The van der Waals surface area contributed by atoms with Crippen molar-refractivity contribution in [3.8, 4) is 0 Å². The van der Waals surface area contributed by atoms with Gasteiger partial charge in [0.2, 0.25) is 10.9 Å². The standard InChI is InChI=1S/C21H23ClN6O2S2/c1-25-6-5-17-16(12-25)19(30)28-20(23-17)32-21(24-28)31-13-18(29)27-9-7-26(8-10-27)15-4-2-3-14(22)11-15/h2-4,11H,5-10,12-13H2,1H3. The van der Waals surface area contributed by atoms with Crippen LogP contribution in [-0.4, -0.2) is 75.8 Å². The van der Waals surface area contributed by atoms with Gasteiger partial charge in [0.1, 0.15) is 0 Å². The van der Waals surface area contributed by atoms with Gasteiger partial charge in [-0.05, 0) is 25.2 Å². The number of benzene rings is 1. The number of amides is 1. The number of carbonyl (C=O) groups excluding carboxylic acids is 1. The molecule has 1 aromatic carbocycles. The molecule has 1 amide bonds. The lowest BCUT2D eigenvalue weighted by atomic mass is 10.1. The molecule has 0 bridgehead atoms. The number of fused-ring (bicyclic) bond motifs is 2. The predicted octanol–water partition coefficient (Wildman–Crippen LogP) is 2.23. The number of hydrogen-bond acceptors (Lipinski definition) is 8. The van der Waals surface area contributed by atoms with Crippen LogP contribution in [0.5, 0.6) is 0 Å². The van der Waals surface area contributed by atoms with E-state index < -0.39 is 0 Å². The number of anilines is 1. The quantitative estimate of drug-likeness (QED) is 0.519. The smallest absolute Gasteiger partial charge is 0.279 e. The summed E-state index contributed by atoms with van der Waals surface area (Å²) in [5, 5.41) is 5.15. The molecule has 2 aliphatic heterocycles. The highest BCUT2D eigenvalue weighted by atomic mass is 35.5. The number of nitrogens with zero attached hydrogens (tertiary/aromatic N) is 6. The van der Waals surface area contributed by atoms with Crippen molar-refractivity contribution in [3.05, 3.63) is 50.9 Å². The van der Waals surface area contributed by atoms with Gasteiger partial charge in [-0.2, -0.15) is 4.52 Å². The largest absolute Gasteiger partial charge is 0.368 e. The summed E-state index contributed by atoms with van der Waals surface area (Å²) in [5.74, 6) is 0.384. The van der Waals surface area contributed by atoms with Crippen molar-refractivity contribution in [2.75, 3.05) is 50.4 Å². The Morgan fingerprint density at radius 3 is 2.81 bits per heavy atom. The van der Waals surface area contributed by atoms with Crippen molar-refractivity contribution < 1.29 is 4.79 Å². The van der Waals surface area contributed by atoms with Crippen LogP contribution in [0.15, 0.2) is 33.4 Å². The highest BCUT2D eigenvalue weighted by Crippen LogP contribution is 2.26. The van der Waals surface area contributed by atoms with E-state index in [9.17, 15) is 9.59 Å². The number of hydrogen-bond donors (Lipinski definition) is 0. The monoisotopic (exact) mass is 490 g/mol. The molecule has 3 aromatic rings. The lowest BCUT2D eigenvalue weighted by molar-refractivity contribution is -0.128. The van der Waals surface area contributed by atoms with Crippen LogP contribution < -0.4 is 10.5 Å². The molecule has 32 heavy (non-hydrogen) atoms. The van der Waals surface area contributed by atoms with Crippen LogP contribution in [0, 0.1) is 0 Å². The zero-order valence-electron chi connectivity index (χ0n) is 17.7. The molecule has 0 N–H and O–H groups in total. The van der Waals surface area contributed by atoms with Gasteiger partial charge in [0.25, 0.3) is 5.56 Å². The lowest BCUT2D eigenvalue weighted by Gasteiger charge is -2.36. The van der Waals surface area contributed by atoms with Crippen LogP contribution >= 0.6 is 34.7 Å². The molecule has 1 fully saturated rings. The highest BCUT2D eigenvalue weighted by Gasteiger charge is 2.24. The summed E-state index contributed by atoms with van der Waals surface area (Å²) in [4.78, 5) is 37.1. The molecule has 8 nitrogen and oxygen atoms in total. The van der Waals surface area contributed by atoms with Gasteiger partial charge >= 0.3 is 0 Å². The van der Waals surface area contributed by atoms with Gasteiger partial charge in [0.05, 0.1) is 17.0 Å². The van der Waals surface area contributed by atoms with E-state index in [2.05, 4.69) is 19.9 Å². The molecule has 0 saturated carbocycles. The zero-order chi connectivity index (χ0) is 22.2. The first-order chi connectivity index (χ1) is 15.5. The van der Waals surface area contributed by atoms with Crippen molar-refractivity contribution >= 4 is 51.3 Å². The van der Waals surface area contributed by atoms with E-state index in [1.807, 2.05) is 36.2 Å². The first-order valence-electron chi connectivity index (χ1n) is 10.5. The van der Waals surface area contributed by atoms with E-state index >= 15 is 0 Å². The normalized spacial score (nSPS) is 17.1. The van der Waals surface area contributed by atoms with Gasteiger partial charge in [0.15, 0.2) is 4.34 Å². The zero-order valence-corrected chi connectivity index (χ0v) is 20.0. The molecule has 1 saturated heterocycles. The van der Waals surface area contributed by atoms with Crippen LogP contribution in [0.2, 0.25) is 5.02 Å². The van der Waals surface area contributed by atoms with Crippen molar-refractivity contribution in [2.24, 2.45) is 0 Å². The van der Waals surface area contributed by atoms with E-state index in [-0.39, 0.29) is 11.5 Å². The molecule has 2 aromatic heterocycles. The van der Waals surface area contributed by atoms with E-state index in [1.54, 1.807) is 0 Å². The number of thioether (sulfide) groups is 1. The Kier molecular flexibility index (Phi) is 6.11. The van der Waals surface area contributed by atoms with Crippen molar-refractivity contribution in [2.45, 2.75) is 17.3 Å². The minimum atomic E-state index is -0.0943. The number of halogens is 1. The molecule has 11 heteroatoms. The first-order valence-corrected chi connectivity index (χ1v) is 12.7. The third-order valence-corrected chi connectivity index (χ3v) is 8.12. The topological polar surface area (TPSA) is 74.1 Å². The molecule has 0 radical (unpaired) electrons. The van der Waals surface area contributed by atoms with Crippen LogP contribution in [-0.2, 0) is 17.8 Å². The van der Waals surface area contributed by atoms with Crippen LogP contribution in [0.4, 0.5) is 5.69 Å². The van der Waals surface area contributed by atoms with Crippen molar-refractivity contribution in [3.63, 3.8) is 0 Å². The second kappa shape index (κ2) is 9.01. The van der Waals surface area contributed by atoms with Crippen LogP contribution in [0.3, 0.4) is 0 Å². The third kappa shape index (κ3) is 4.36. The van der Waals surface area contributed by atoms with Gasteiger partial charge in [-0.1, -0.05) is 40.8 Å². The Balaban J connectivity index is 1.21. The minimum Gasteiger partial charge on any atom is -0.368 e. The number of rotatable bonds is 4. The van der Waals surface area contributed by atoms with E-state index in [1.165, 1.54) is 27.6 Å². The second-order valence-electron chi connectivity index (χ2n) is 8.03. The number of likely N-dealkylation sites (N-methyl/N-ethyl adjacent to an activating group) is 1. The summed E-state index contributed by atoms with van der Waals surface area (Å²) in [5.41, 5.74) is 2.59. The minimum absolute atomic E-state index is 0.0845. The highest BCUT2D eigenvalue weighted by molar-refractivity contribution is 8.01. The number of piperazine rings is 1. The van der Waals surface area contributed by atoms with Crippen LogP contribution in [0.25, 0.3) is 4.96 Å². The fraction of sp³-hybridized carbons (Fsp3) is 0.429. The van der Waals surface area contributed by atoms with Gasteiger partial charge < -0.3 is 14.7 Å². The molecule has 2 aliphatic rings. The van der Waals surface area contributed by atoms with Crippen molar-refractivity contribution in [1.82, 2.24) is 24.4 Å². The molecule has 4 heterocycles. The van der Waals surface area contributed by atoms with E-state index in [0.717, 1.165) is 48.0 Å². The molecule has 0 unspecified atom stereocenters. The average Bonchev–Trinajstić information content (AvgIpc) is 3.21. The maximum absolute atomic E-state index is 12.8. The maximum atomic E-state index is 12.8. The number of carbonyl (C=O) groups is 1. The third-order valence-electron chi connectivity index (χ3n) is 5.85. The molecule has 0 atom stereocenters. The SMILES string of the molecule is CN1CCc2nc3sc(SCC(=O)N4CCN(c5cccc(Cl)c5)CC4)nn3c(=O)c2C1. The fourth-order valence-corrected chi connectivity index (χ4v) is 6.11. The molecule has 0 aliphatic carbocycles. The summed E-state index contributed by atoms with van der Waals surface area (Å²) in [6.45, 7) is 4.40. The van der Waals surface area contributed by atoms with Gasteiger partial charge in [0, 0.05) is 56.4 Å². The molecule has 5 rings (SSSR count).